The van der Waals surface area contributed by atoms with E-state index in [0.29, 0.717) is 10.9 Å². The minimum absolute atomic E-state index is 0.0711. The van der Waals surface area contributed by atoms with Gasteiger partial charge >= 0.3 is 0 Å². The van der Waals surface area contributed by atoms with Gasteiger partial charge in [-0.2, -0.15) is 4.98 Å². The third-order valence-electron chi connectivity index (χ3n) is 5.22. The van der Waals surface area contributed by atoms with E-state index in [2.05, 4.69) is 30.2 Å². The van der Waals surface area contributed by atoms with Crippen LogP contribution in [0.25, 0.3) is 22.1 Å². The van der Waals surface area contributed by atoms with Crippen LogP contribution in [0.5, 0.6) is 5.88 Å². The van der Waals surface area contributed by atoms with E-state index in [0.717, 1.165) is 4.57 Å². The van der Waals surface area contributed by atoms with E-state index in [9.17, 15) is 25.2 Å². The molecule has 3 aromatic heterocycles. The summed E-state index contributed by atoms with van der Waals surface area (Å²) in [7, 11) is 0. The van der Waals surface area contributed by atoms with E-state index >= 15 is 0 Å². The Bertz CT molecular complexity index is 1410. The molecule has 1 aliphatic heterocycles. The lowest BCUT2D eigenvalue weighted by atomic mass is 10.1. The average Bonchev–Trinajstić information content (AvgIpc) is 3.38. The molecule has 166 valence electrons. The number of anilines is 1. The van der Waals surface area contributed by atoms with Crippen LogP contribution in [0.4, 0.5) is 17.6 Å². The Morgan fingerprint density at radius 2 is 1.94 bits per heavy atom. The summed E-state index contributed by atoms with van der Waals surface area (Å²) in [5.74, 6) is -0.651. The number of benzene rings is 1. The number of nitrogen functional groups attached to an aromatic ring is 1. The summed E-state index contributed by atoms with van der Waals surface area (Å²) in [4.78, 5) is 25.6. The largest absolute Gasteiger partial charge is 0.493 e. The van der Waals surface area contributed by atoms with Crippen molar-refractivity contribution < 1.29 is 25.2 Å². The number of aromatic hydroxyl groups is 1. The van der Waals surface area contributed by atoms with Gasteiger partial charge in [0.15, 0.2) is 23.1 Å². The van der Waals surface area contributed by atoms with Gasteiger partial charge in [-0.05, 0) is 6.07 Å². The summed E-state index contributed by atoms with van der Waals surface area (Å²) in [6.45, 7) is -0.558. The lowest BCUT2D eigenvalue weighted by molar-refractivity contribution is -0.0503. The Balaban J connectivity index is 1.68. The van der Waals surface area contributed by atoms with Crippen LogP contribution in [0.1, 0.15) is 6.23 Å². The van der Waals surface area contributed by atoms with Crippen molar-refractivity contribution in [3.63, 3.8) is 0 Å². The van der Waals surface area contributed by atoms with Gasteiger partial charge in [0.2, 0.25) is 11.8 Å². The normalized spacial score (nSPS) is 23.7. The Morgan fingerprint density at radius 1 is 1.16 bits per heavy atom. The van der Waals surface area contributed by atoms with Gasteiger partial charge < -0.3 is 35.9 Å². The number of imidazole rings is 1. The summed E-state index contributed by atoms with van der Waals surface area (Å²) in [6.07, 6.45) is -5.30. The van der Waals surface area contributed by atoms with Crippen LogP contribution in [-0.2, 0) is 4.74 Å². The molecule has 0 aliphatic carbocycles. The molecule has 0 bridgehead atoms. The topological polar surface area (TPSA) is 220 Å². The third-order valence-corrected chi connectivity index (χ3v) is 5.22. The molecule has 0 radical (unpaired) electrons. The predicted molar refractivity (Wildman–Crippen MR) is 110 cm³/mol. The molecule has 32 heavy (non-hydrogen) atoms. The highest BCUT2D eigenvalue weighted by molar-refractivity contribution is 5.94. The highest BCUT2D eigenvalue weighted by atomic mass is 16.6. The molecule has 0 saturated carbocycles. The number of para-hydroxylation sites is 1. The highest BCUT2D eigenvalue weighted by Gasteiger charge is 2.45. The van der Waals surface area contributed by atoms with Gasteiger partial charge in [-0.1, -0.05) is 18.2 Å². The molecule has 0 amide bonds. The number of aromatic amines is 2. The molecule has 8 N–H and O–H groups in total. The fraction of sp³-hybridized carbons (Fsp3) is 0.278. The highest BCUT2D eigenvalue weighted by Crippen LogP contribution is 2.38. The van der Waals surface area contributed by atoms with E-state index in [-0.39, 0.29) is 34.6 Å². The van der Waals surface area contributed by atoms with Crippen LogP contribution >= 0.6 is 0 Å². The first-order valence-electron chi connectivity index (χ1n) is 9.50. The molecule has 4 heterocycles. The number of nitrogens with two attached hydrogens (primary N) is 1. The van der Waals surface area contributed by atoms with E-state index in [1.807, 2.05) is 0 Å². The number of azo groups is 1. The van der Waals surface area contributed by atoms with Crippen LogP contribution in [0.2, 0.25) is 0 Å². The number of nitrogens with one attached hydrogen (secondary N) is 2. The molecule has 1 fully saturated rings. The number of nitrogens with zero attached hydrogens (tertiary/aromatic N) is 5. The van der Waals surface area contributed by atoms with E-state index in [4.69, 9.17) is 10.5 Å². The van der Waals surface area contributed by atoms with Crippen molar-refractivity contribution in [2.24, 2.45) is 10.2 Å². The quantitative estimate of drug-likeness (QED) is 0.210. The van der Waals surface area contributed by atoms with Crippen molar-refractivity contribution in [3.05, 3.63) is 34.6 Å². The standard InChI is InChI=1S/C18H18N8O6/c19-17-22-13-10(15(31)23-17)21-18(26(13)16-12(29)11(28)8(5-27)32-16)25-24-9-6-3-1-2-4-7(6)20-14(9)30/h1-4,8,11-12,16,20,27-30H,5H2,(H3,19,22,23,31)/t8-,11+,12+,16-/m1/s1. The van der Waals surface area contributed by atoms with Crippen molar-refractivity contribution in [1.29, 1.82) is 0 Å². The van der Waals surface area contributed by atoms with Gasteiger partial charge in [-0.25, -0.2) is 4.98 Å². The number of aliphatic hydroxyl groups excluding tert-OH is 3. The molecule has 1 aliphatic rings. The molecular formula is C18H18N8O6. The maximum atomic E-state index is 12.3. The second-order valence-electron chi connectivity index (χ2n) is 7.20. The lowest BCUT2D eigenvalue weighted by Gasteiger charge is -2.17. The summed E-state index contributed by atoms with van der Waals surface area (Å²) in [5, 5.41) is 49.0. The maximum Gasteiger partial charge on any atom is 0.280 e. The smallest absolute Gasteiger partial charge is 0.280 e. The van der Waals surface area contributed by atoms with E-state index < -0.39 is 36.7 Å². The molecule has 5 rings (SSSR count). The molecule has 0 spiro atoms. The van der Waals surface area contributed by atoms with E-state index in [1.54, 1.807) is 24.3 Å². The molecule has 0 unspecified atom stereocenters. The van der Waals surface area contributed by atoms with Crippen molar-refractivity contribution in [2.75, 3.05) is 12.3 Å². The number of hydrogen-bond donors (Lipinski definition) is 7. The molecule has 4 atom stereocenters. The number of aliphatic hydroxyl groups is 3. The van der Waals surface area contributed by atoms with Crippen LogP contribution in [-0.4, -0.2) is 69.8 Å². The van der Waals surface area contributed by atoms with E-state index in [1.165, 1.54) is 0 Å². The molecule has 14 nitrogen and oxygen atoms in total. The zero-order valence-corrected chi connectivity index (χ0v) is 16.2. The Kier molecular flexibility index (Phi) is 4.63. The van der Waals surface area contributed by atoms with Gasteiger partial charge in [-0.3, -0.25) is 14.3 Å². The number of hydrogen-bond acceptors (Lipinski definition) is 11. The first-order chi connectivity index (χ1) is 15.4. The van der Waals surface area contributed by atoms with Gasteiger partial charge in [0.25, 0.3) is 11.5 Å². The number of aromatic nitrogens is 5. The van der Waals surface area contributed by atoms with Gasteiger partial charge in [0.1, 0.15) is 18.3 Å². The maximum absolute atomic E-state index is 12.3. The van der Waals surface area contributed by atoms with Crippen LogP contribution < -0.4 is 11.3 Å². The summed E-state index contributed by atoms with van der Waals surface area (Å²) in [6, 6.07) is 7.01. The van der Waals surface area contributed by atoms with Crippen LogP contribution in [0.15, 0.2) is 39.3 Å². The van der Waals surface area contributed by atoms with Gasteiger partial charge in [0.05, 0.1) is 12.1 Å². The first kappa shape index (κ1) is 20.1. The summed E-state index contributed by atoms with van der Waals surface area (Å²) >= 11 is 0. The lowest BCUT2D eigenvalue weighted by Crippen LogP contribution is -2.33. The summed E-state index contributed by atoms with van der Waals surface area (Å²) < 4.78 is 6.71. The Labute approximate surface area is 177 Å². The Morgan fingerprint density at radius 3 is 2.69 bits per heavy atom. The van der Waals surface area contributed by atoms with Crippen molar-refractivity contribution in [1.82, 2.24) is 24.5 Å². The molecule has 4 aromatic rings. The van der Waals surface area contributed by atoms with Gasteiger partial charge in [0, 0.05) is 5.39 Å². The third kappa shape index (κ3) is 3.01. The zero-order valence-electron chi connectivity index (χ0n) is 16.2. The van der Waals surface area contributed by atoms with Crippen molar-refractivity contribution >= 4 is 39.7 Å². The minimum atomic E-state index is -1.50. The second-order valence-corrected chi connectivity index (χ2v) is 7.20. The second kappa shape index (κ2) is 7.38. The average molecular weight is 442 g/mol. The zero-order chi connectivity index (χ0) is 22.6. The molecule has 1 aromatic carbocycles. The molecule has 14 heteroatoms. The minimum Gasteiger partial charge on any atom is -0.493 e. The number of rotatable bonds is 4. The van der Waals surface area contributed by atoms with Crippen LogP contribution in [0.3, 0.4) is 0 Å². The molecular weight excluding hydrogens is 424 g/mol. The fourth-order valence-electron chi connectivity index (χ4n) is 3.70. The van der Waals surface area contributed by atoms with Gasteiger partial charge in [-0.15, -0.1) is 10.2 Å². The first-order valence-corrected chi connectivity index (χ1v) is 9.50. The number of fused-ring (bicyclic) bond motifs is 2. The number of ether oxygens (including phenoxy) is 1. The summed E-state index contributed by atoms with van der Waals surface area (Å²) in [5.41, 5.74) is 5.52. The predicted octanol–water partition coefficient (Wildman–Crippen LogP) is -0.0844. The number of H-pyrrole nitrogens is 2. The van der Waals surface area contributed by atoms with Crippen LogP contribution in [0, 0.1) is 0 Å². The SMILES string of the molecule is Nc1nc2c(nc(N=Nc3c(O)[nH]c4ccccc34)n2[C@@H]2O[C@H](CO)[C@H](O)[C@@H]2O)c(=O)[nH]1. The van der Waals surface area contributed by atoms with Crippen molar-refractivity contribution in [2.45, 2.75) is 24.5 Å². The monoisotopic (exact) mass is 442 g/mol. The van der Waals surface area contributed by atoms with Crippen molar-refractivity contribution in [3.8, 4) is 5.88 Å². The molecule has 1 saturated heterocycles. The fourth-order valence-corrected chi connectivity index (χ4v) is 3.70. The Hall–Kier alpha value is -3.85.